The molecule has 2 unspecified atom stereocenters. The lowest BCUT2D eigenvalue weighted by molar-refractivity contribution is -0.143. The molecule has 0 radical (unpaired) electrons. The zero-order valence-electron chi connectivity index (χ0n) is 55.6. The van der Waals surface area contributed by atoms with E-state index in [0.29, 0.717) is 25.9 Å². The molecule has 0 aromatic carbocycles. The number of aliphatic hydroxyl groups excluding tert-OH is 2. The summed E-state index contributed by atoms with van der Waals surface area (Å²) in [6.07, 6.45) is 87.4. The second-order valence-corrected chi connectivity index (χ2v) is 26.4. The van der Waals surface area contributed by atoms with E-state index in [1.165, 1.54) is 372 Å². The van der Waals surface area contributed by atoms with Gasteiger partial charge in [-0.15, -0.1) is 0 Å². The van der Waals surface area contributed by atoms with Gasteiger partial charge in [0.25, 0.3) is 0 Å². The largest absolute Gasteiger partial charge is 0.466 e. The molecule has 0 aromatic heterocycles. The summed E-state index contributed by atoms with van der Waals surface area (Å²) in [4.78, 5) is 24.6. The molecular formula is C75H149NO5. The summed E-state index contributed by atoms with van der Waals surface area (Å²) in [6.45, 7) is 5.01. The van der Waals surface area contributed by atoms with Crippen molar-refractivity contribution in [2.45, 2.75) is 456 Å². The molecule has 0 saturated heterocycles. The summed E-state index contributed by atoms with van der Waals surface area (Å²) in [5.74, 6) is -0.00519. The molecule has 1 amide bonds. The molecule has 3 N–H and O–H groups in total. The molecular weight excluding hydrogens is 995 g/mol. The Labute approximate surface area is 508 Å². The quantitative estimate of drug-likeness (QED) is 0.0417. The molecule has 0 aliphatic rings. The molecule has 0 fully saturated rings. The van der Waals surface area contributed by atoms with Gasteiger partial charge in [-0.1, -0.05) is 406 Å². The fourth-order valence-corrected chi connectivity index (χ4v) is 12.4. The van der Waals surface area contributed by atoms with Crippen LogP contribution in [0.25, 0.3) is 0 Å². The lowest BCUT2D eigenvalue weighted by Gasteiger charge is -2.22. The summed E-state index contributed by atoms with van der Waals surface area (Å²) >= 11 is 0. The number of carbonyl (C=O) groups excluding carboxylic acids is 2. The Kier molecular flexibility index (Phi) is 70.3. The van der Waals surface area contributed by atoms with Crippen molar-refractivity contribution in [1.29, 1.82) is 0 Å². The number of rotatable bonds is 72. The van der Waals surface area contributed by atoms with Crippen molar-refractivity contribution in [3.05, 3.63) is 0 Å². The Morgan fingerprint density at radius 2 is 0.506 bits per heavy atom. The number of hydrogen-bond acceptors (Lipinski definition) is 5. The van der Waals surface area contributed by atoms with Crippen LogP contribution < -0.4 is 5.32 Å². The Hall–Kier alpha value is -1.14. The lowest BCUT2D eigenvalue weighted by Crippen LogP contribution is -2.45. The second kappa shape index (κ2) is 71.3. The highest BCUT2D eigenvalue weighted by Gasteiger charge is 2.20. The standard InChI is InChI=1S/C75H149NO5/c1-3-5-7-9-11-13-15-17-19-20-21-22-23-28-31-34-37-40-43-47-51-55-59-63-67-73(78)72(71-77)76-74(79)68-64-60-56-52-48-44-41-38-35-32-29-26-24-25-27-30-33-36-39-42-46-50-54-58-62-66-70-81-75(80)69-65-61-57-53-49-45-18-16-14-12-10-8-6-4-2/h72-73,77-78H,3-71H2,1-2H3,(H,76,79). The highest BCUT2D eigenvalue weighted by molar-refractivity contribution is 5.76. The third-order valence-corrected chi connectivity index (χ3v) is 18.2. The normalized spacial score (nSPS) is 12.4. The van der Waals surface area contributed by atoms with Gasteiger partial charge in [0.1, 0.15) is 0 Å². The van der Waals surface area contributed by atoms with Gasteiger partial charge in [0.15, 0.2) is 0 Å². The Morgan fingerprint density at radius 1 is 0.296 bits per heavy atom. The number of unbranched alkanes of at least 4 members (excludes halogenated alkanes) is 61. The maximum Gasteiger partial charge on any atom is 0.305 e. The Bertz CT molecular complexity index is 1180. The molecule has 81 heavy (non-hydrogen) atoms. The fraction of sp³-hybridized carbons (Fsp3) is 0.973. The first-order valence-electron chi connectivity index (χ1n) is 37.8. The molecule has 0 spiro atoms. The van der Waals surface area contributed by atoms with Crippen LogP contribution >= 0.6 is 0 Å². The molecule has 6 nitrogen and oxygen atoms in total. The van der Waals surface area contributed by atoms with Crippen molar-refractivity contribution in [2.24, 2.45) is 0 Å². The first-order valence-corrected chi connectivity index (χ1v) is 37.8. The highest BCUT2D eigenvalue weighted by Crippen LogP contribution is 2.20. The Balaban J connectivity index is 3.34. The smallest absolute Gasteiger partial charge is 0.305 e. The minimum absolute atomic E-state index is 0.0212. The van der Waals surface area contributed by atoms with Gasteiger partial charge in [-0.3, -0.25) is 9.59 Å². The number of carbonyl (C=O) groups is 2. The van der Waals surface area contributed by atoms with Gasteiger partial charge in [0, 0.05) is 12.8 Å². The number of amides is 1. The SMILES string of the molecule is CCCCCCCCCCCCCCCCCCCCCCCCCCC(O)C(CO)NC(=O)CCCCCCCCCCCCCCCCCCCCCCCCCCCCOC(=O)CCCCCCCCCCCCCCCC. The van der Waals surface area contributed by atoms with E-state index in [4.69, 9.17) is 4.74 Å². The maximum atomic E-state index is 12.6. The van der Waals surface area contributed by atoms with Gasteiger partial charge >= 0.3 is 5.97 Å². The summed E-state index contributed by atoms with van der Waals surface area (Å²) < 4.78 is 5.50. The zero-order valence-corrected chi connectivity index (χ0v) is 55.6. The molecule has 0 heterocycles. The van der Waals surface area contributed by atoms with Gasteiger partial charge in [-0.05, 0) is 25.7 Å². The van der Waals surface area contributed by atoms with E-state index < -0.39 is 12.1 Å². The molecule has 0 aromatic rings. The third kappa shape index (κ3) is 67.9. The van der Waals surface area contributed by atoms with Crippen molar-refractivity contribution in [2.75, 3.05) is 13.2 Å². The molecule has 0 bridgehead atoms. The highest BCUT2D eigenvalue weighted by atomic mass is 16.5. The van der Waals surface area contributed by atoms with Crippen LogP contribution in [0, 0.1) is 0 Å². The lowest BCUT2D eigenvalue weighted by atomic mass is 10.0. The second-order valence-electron chi connectivity index (χ2n) is 26.4. The maximum absolute atomic E-state index is 12.6. The van der Waals surface area contributed by atoms with E-state index in [0.717, 1.165) is 38.5 Å². The van der Waals surface area contributed by atoms with E-state index in [1.807, 2.05) is 0 Å². The molecule has 2 atom stereocenters. The van der Waals surface area contributed by atoms with Crippen LogP contribution in [0.15, 0.2) is 0 Å². The summed E-state index contributed by atoms with van der Waals surface area (Å²) in [7, 11) is 0. The number of esters is 1. The molecule has 0 aliphatic heterocycles. The minimum atomic E-state index is -0.663. The van der Waals surface area contributed by atoms with Crippen LogP contribution in [0.3, 0.4) is 0 Å². The van der Waals surface area contributed by atoms with Crippen LogP contribution in [0.2, 0.25) is 0 Å². The van der Waals surface area contributed by atoms with Crippen molar-refractivity contribution < 1.29 is 24.5 Å². The number of hydrogen-bond donors (Lipinski definition) is 3. The summed E-state index contributed by atoms with van der Waals surface area (Å²) in [6, 6.07) is -0.540. The first-order chi connectivity index (χ1) is 40.0. The minimum Gasteiger partial charge on any atom is -0.466 e. The van der Waals surface area contributed by atoms with Crippen molar-refractivity contribution >= 4 is 11.9 Å². The van der Waals surface area contributed by atoms with Gasteiger partial charge in [-0.25, -0.2) is 0 Å². The van der Waals surface area contributed by atoms with Crippen molar-refractivity contribution in [3.63, 3.8) is 0 Å². The van der Waals surface area contributed by atoms with Crippen LogP contribution in [0.4, 0.5) is 0 Å². The topological polar surface area (TPSA) is 95.9 Å². The summed E-state index contributed by atoms with van der Waals surface area (Å²) in [5, 5.41) is 23.5. The van der Waals surface area contributed by atoms with Gasteiger partial charge in [0.2, 0.25) is 5.91 Å². The van der Waals surface area contributed by atoms with Crippen LogP contribution in [0.5, 0.6) is 0 Å². The molecule has 0 saturated carbocycles. The zero-order chi connectivity index (χ0) is 58.5. The number of ether oxygens (including phenoxy) is 1. The first kappa shape index (κ1) is 79.9. The molecule has 484 valence electrons. The molecule has 0 aliphatic carbocycles. The van der Waals surface area contributed by atoms with Crippen molar-refractivity contribution in [3.8, 4) is 0 Å². The molecule has 6 heteroatoms. The predicted octanol–water partition coefficient (Wildman–Crippen LogP) is 24.5. The van der Waals surface area contributed by atoms with Crippen LogP contribution in [0.1, 0.15) is 444 Å². The summed E-state index contributed by atoms with van der Waals surface area (Å²) in [5.41, 5.74) is 0. The molecule has 0 rings (SSSR count). The third-order valence-electron chi connectivity index (χ3n) is 18.2. The average molecular weight is 1150 g/mol. The number of aliphatic hydroxyl groups is 2. The van der Waals surface area contributed by atoms with E-state index in [-0.39, 0.29) is 18.5 Å². The van der Waals surface area contributed by atoms with E-state index in [1.54, 1.807) is 0 Å². The van der Waals surface area contributed by atoms with Gasteiger partial charge in [-0.2, -0.15) is 0 Å². The predicted molar refractivity (Wildman–Crippen MR) is 357 cm³/mol. The van der Waals surface area contributed by atoms with Gasteiger partial charge in [0.05, 0.1) is 25.4 Å². The van der Waals surface area contributed by atoms with E-state index in [9.17, 15) is 19.8 Å². The van der Waals surface area contributed by atoms with E-state index >= 15 is 0 Å². The average Bonchev–Trinajstić information content (AvgIpc) is 3.47. The monoisotopic (exact) mass is 1140 g/mol. The number of nitrogens with one attached hydrogen (secondary N) is 1. The van der Waals surface area contributed by atoms with Gasteiger partial charge < -0.3 is 20.3 Å². The van der Waals surface area contributed by atoms with Crippen LogP contribution in [-0.4, -0.2) is 47.4 Å². The van der Waals surface area contributed by atoms with Crippen LogP contribution in [-0.2, 0) is 14.3 Å². The Morgan fingerprint density at radius 3 is 0.753 bits per heavy atom. The van der Waals surface area contributed by atoms with Crippen molar-refractivity contribution in [1.82, 2.24) is 5.32 Å². The van der Waals surface area contributed by atoms with E-state index in [2.05, 4.69) is 19.2 Å². The fourth-order valence-electron chi connectivity index (χ4n) is 12.4.